The summed E-state index contributed by atoms with van der Waals surface area (Å²) >= 11 is 0. The summed E-state index contributed by atoms with van der Waals surface area (Å²) < 4.78 is 9.04. The molecule has 0 aliphatic heterocycles. The van der Waals surface area contributed by atoms with Gasteiger partial charge in [-0.1, -0.05) is 12.2 Å². The average molecular weight is 318 g/mol. The molecule has 0 saturated heterocycles. The third-order valence-electron chi connectivity index (χ3n) is 2.73. The molecule has 0 saturated carbocycles. The van der Waals surface area contributed by atoms with E-state index in [4.69, 9.17) is 9.84 Å². The van der Waals surface area contributed by atoms with Gasteiger partial charge >= 0.3 is 11.9 Å². The van der Waals surface area contributed by atoms with Crippen molar-refractivity contribution in [3.05, 3.63) is 24.3 Å². The van der Waals surface area contributed by atoms with Gasteiger partial charge in [0.15, 0.2) is 6.10 Å². The Kier molecular flexibility index (Phi) is 10.0. The van der Waals surface area contributed by atoms with Crippen LogP contribution < -0.4 is 0 Å². The molecular formula is C14H22O8. The number of aliphatic hydroxyl groups excluding tert-OH is 4. The summed E-state index contributed by atoms with van der Waals surface area (Å²) in [6, 6.07) is 0. The van der Waals surface area contributed by atoms with Crippen LogP contribution in [-0.4, -0.2) is 71.0 Å². The van der Waals surface area contributed by atoms with E-state index < -0.39 is 49.4 Å². The maximum Gasteiger partial charge on any atom is 0.335 e. The van der Waals surface area contributed by atoms with Crippen LogP contribution >= 0.6 is 0 Å². The molecule has 4 atom stereocenters. The van der Waals surface area contributed by atoms with Crippen molar-refractivity contribution in [1.29, 1.82) is 0 Å². The second-order valence-electron chi connectivity index (χ2n) is 4.41. The van der Waals surface area contributed by atoms with E-state index >= 15 is 0 Å². The van der Waals surface area contributed by atoms with Crippen LogP contribution in [0.1, 0.15) is 6.92 Å². The van der Waals surface area contributed by atoms with Gasteiger partial charge in [-0.15, -0.1) is 0 Å². The molecule has 0 aliphatic carbocycles. The predicted octanol–water partition coefficient (Wildman–Crippen LogP) is -1.47. The first-order valence-electron chi connectivity index (χ1n) is 6.58. The molecule has 0 fully saturated rings. The number of aliphatic hydroxyl groups is 4. The number of hydrogen-bond acceptors (Lipinski definition) is 8. The largest absolute Gasteiger partial charge is 0.467 e. The van der Waals surface area contributed by atoms with E-state index in [2.05, 4.69) is 4.74 Å². The zero-order valence-electron chi connectivity index (χ0n) is 12.5. The van der Waals surface area contributed by atoms with E-state index in [9.17, 15) is 24.9 Å². The third kappa shape index (κ3) is 7.32. The van der Waals surface area contributed by atoms with Gasteiger partial charge in [0.1, 0.15) is 12.2 Å². The molecule has 0 aromatic rings. The van der Waals surface area contributed by atoms with Crippen molar-refractivity contribution in [3.8, 4) is 0 Å². The lowest BCUT2D eigenvalue weighted by molar-refractivity contribution is -0.158. The van der Waals surface area contributed by atoms with Gasteiger partial charge in [0.2, 0.25) is 0 Å². The SMILES string of the molecule is C/C=C/[C@H](O)[C@@H](O)/C=C/C(=O)OC[C@@H](CO)[C@@H](O)C(=O)OC. The highest BCUT2D eigenvalue weighted by atomic mass is 16.5. The molecule has 0 radical (unpaired) electrons. The van der Waals surface area contributed by atoms with E-state index in [1.54, 1.807) is 13.0 Å². The van der Waals surface area contributed by atoms with Gasteiger partial charge in [-0.05, 0) is 13.0 Å². The third-order valence-corrected chi connectivity index (χ3v) is 2.73. The zero-order chi connectivity index (χ0) is 17.1. The summed E-state index contributed by atoms with van der Waals surface area (Å²) in [6.07, 6.45) is 0.774. The van der Waals surface area contributed by atoms with E-state index in [-0.39, 0.29) is 0 Å². The highest BCUT2D eigenvalue weighted by molar-refractivity contribution is 5.82. The summed E-state index contributed by atoms with van der Waals surface area (Å²) in [4.78, 5) is 22.5. The van der Waals surface area contributed by atoms with Crippen LogP contribution in [0.25, 0.3) is 0 Å². The van der Waals surface area contributed by atoms with Crippen LogP contribution in [0, 0.1) is 5.92 Å². The molecule has 22 heavy (non-hydrogen) atoms. The summed E-state index contributed by atoms with van der Waals surface area (Å²) in [7, 11) is 1.08. The number of methoxy groups -OCH3 is 1. The average Bonchev–Trinajstić information content (AvgIpc) is 2.52. The Labute approximate surface area is 128 Å². The van der Waals surface area contributed by atoms with Gasteiger partial charge in [-0.25, -0.2) is 9.59 Å². The summed E-state index contributed by atoms with van der Waals surface area (Å²) in [5, 5.41) is 37.4. The monoisotopic (exact) mass is 318 g/mol. The zero-order valence-corrected chi connectivity index (χ0v) is 12.5. The standard InChI is InChI=1S/C14H22O8/c1-3-4-10(16)11(17)5-6-12(18)22-8-9(7-15)13(19)14(20)21-2/h3-6,9-11,13,15-17,19H,7-8H2,1-2H3/b4-3+,6-5+/t9-,10+,11+,13-/m1/s1. The van der Waals surface area contributed by atoms with Crippen molar-refractivity contribution in [3.63, 3.8) is 0 Å². The molecule has 0 amide bonds. The predicted molar refractivity (Wildman–Crippen MR) is 75.5 cm³/mol. The first-order chi connectivity index (χ1) is 10.4. The number of ether oxygens (including phenoxy) is 2. The van der Waals surface area contributed by atoms with Gasteiger partial charge in [-0.3, -0.25) is 0 Å². The van der Waals surface area contributed by atoms with Crippen molar-refractivity contribution < 1.29 is 39.5 Å². The number of esters is 2. The van der Waals surface area contributed by atoms with Gasteiger partial charge in [0.25, 0.3) is 0 Å². The van der Waals surface area contributed by atoms with Gasteiger partial charge in [-0.2, -0.15) is 0 Å². The number of rotatable bonds is 9. The van der Waals surface area contributed by atoms with E-state index in [1.165, 1.54) is 6.08 Å². The Morgan fingerprint density at radius 2 is 1.73 bits per heavy atom. The normalized spacial score (nSPS) is 17.2. The maximum atomic E-state index is 11.4. The Morgan fingerprint density at radius 1 is 1.14 bits per heavy atom. The molecule has 0 aliphatic rings. The summed E-state index contributed by atoms with van der Waals surface area (Å²) in [6.45, 7) is 0.662. The molecule has 0 rings (SSSR count). The van der Waals surface area contributed by atoms with Gasteiger partial charge < -0.3 is 29.9 Å². The molecular weight excluding hydrogens is 296 g/mol. The first-order valence-corrected chi connectivity index (χ1v) is 6.58. The highest BCUT2D eigenvalue weighted by Crippen LogP contribution is 2.06. The second kappa shape index (κ2) is 10.9. The van der Waals surface area contributed by atoms with E-state index in [0.717, 1.165) is 19.3 Å². The molecule has 126 valence electrons. The molecule has 0 spiro atoms. The van der Waals surface area contributed by atoms with E-state index in [1.807, 2.05) is 0 Å². The number of hydrogen-bond donors (Lipinski definition) is 4. The lowest BCUT2D eigenvalue weighted by Crippen LogP contribution is -2.36. The smallest absolute Gasteiger partial charge is 0.335 e. The van der Waals surface area contributed by atoms with Crippen molar-refractivity contribution in [2.24, 2.45) is 5.92 Å². The molecule has 0 aromatic heterocycles. The fraction of sp³-hybridized carbons (Fsp3) is 0.571. The van der Waals surface area contributed by atoms with Crippen molar-refractivity contribution in [2.75, 3.05) is 20.3 Å². The van der Waals surface area contributed by atoms with Gasteiger partial charge in [0, 0.05) is 6.08 Å². The first kappa shape index (κ1) is 20.3. The maximum absolute atomic E-state index is 11.4. The molecule has 0 heterocycles. The fourth-order valence-corrected chi connectivity index (χ4v) is 1.40. The van der Waals surface area contributed by atoms with Crippen molar-refractivity contribution in [1.82, 2.24) is 0 Å². The second-order valence-corrected chi connectivity index (χ2v) is 4.41. The summed E-state index contributed by atoms with van der Waals surface area (Å²) in [5.41, 5.74) is 0. The van der Waals surface area contributed by atoms with Crippen molar-refractivity contribution in [2.45, 2.75) is 25.2 Å². The molecule has 0 unspecified atom stereocenters. The van der Waals surface area contributed by atoms with Crippen LogP contribution in [0.3, 0.4) is 0 Å². The molecule has 0 aromatic carbocycles. The minimum atomic E-state index is -1.62. The molecule has 0 bridgehead atoms. The van der Waals surface area contributed by atoms with Crippen LogP contribution in [0.2, 0.25) is 0 Å². The number of allylic oxidation sites excluding steroid dienone is 1. The molecule has 4 N–H and O–H groups in total. The van der Waals surface area contributed by atoms with Gasteiger partial charge in [0.05, 0.1) is 26.2 Å². The number of carbonyl (C=O) groups excluding carboxylic acids is 2. The van der Waals surface area contributed by atoms with Crippen molar-refractivity contribution >= 4 is 11.9 Å². The molecule has 8 heteroatoms. The Hall–Kier alpha value is -1.74. The Bertz CT molecular complexity index is 404. The Morgan fingerprint density at radius 3 is 2.23 bits per heavy atom. The lowest BCUT2D eigenvalue weighted by Gasteiger charge is -2.18. The topological polar surface area (TPSA) is 134 Å². The van der Waals surface area contributed by atoms with Crippen LogP contribution in [0.5, 0.6) is 0 Å². The fourth-order valence-electron chi connectivity index (χ4n) is 1.40. The van der Waals surface area contributed by atoms with Crippen LogP contribution in [0.4, 0.5) is 0 Å². The Balaban J connectivity index is 4.39. The lowest BCUT2D eigenvalue weighted by atomic mass is 10.1. The quantitative estimate of drug-likeness (QED) is 0.230. The minimum absolute atomic E-state index is 0.413. The van der Waals surface area contributed by atoms with E-state index in [0.29, 0.717) is 0 Å². The van der Waals surface area contributed by atoms with Crippen LogP contribution in [-0.2, 0) is 19.1 Å². The highest BCUT2D eigenvalue weighted by Gasteiger charge is 2.27. The number of carbonyl (C=O) groups is 2. The van der Waals surface area contributed by atoms with Crippen LogP contribution in [0.15, 0.2) is 24.3 Å². The minimum Gasteiger partial charge on any atom is -0.467 e. The summed E-state index contributed by atoms with van der Waals surface area (Å²) in [5.74, 6) is -2.83. The molecule has 8 nitrogen and oxygen atoms in total.